The van der Waals surface area contributed by atoms with Crippen LogP contribution < -0.4 is 0 Å². The lowest BCUT2D eigenvalue weighted by atomic mass is 9.84. The number of amides is 2. The average Bonchev–Trinajstić information content (AvgIpc) is 3.31. The third-order valence-electron chi connectivity index (χ3n) is 6.39. The third kappa shape index (κ3) is 5.38. The fraction of sp³-hybridized carbons (Fsp3) is 0.609. The van der Waals surface area contributed by atoms with Crippen LogP contribution in [0.2, 0.25) is 0 Å². The molecule has 2 unspecified atom stereocenters. The van der Waals surface area contributed by atoms with Crippen molar-refractivity contribution in [1.29, 1.82) is 0 Å². The van der Waals surface area contributed by atoms with E-state index in [9.17, 15) is 9.00 Å². The minimum Gasteiger partial charge on any atom is -0.384 e. The van der Waals surface area contributed by atoms with Gasteiger partial charge in [0.05, 0.1) is 12.5 Å². The summed E-state index contributed by atoms with van der Waals surface area (Å²) in [5, 5.41) is 4.10. The number of likely N-dealkylation sites (tertiary alicyclic amines) is 1. The largest absolute Gasteiger partial charge is 0.384 e. The Morgan fingerprint density at radius 3 is 2.56 bits per heavy atom. The van der Waals surface area contributed by atoms with E-state index >= 15 is 0 Å². The van der Waals surface area contributed by atoms with Crippen LogP contribution in [0.5, 0.6) is 0 Å². The van der Waals surface area contributed by atoms with Crippen molar-refractivity contribution >= 4 is 16.8 Å². The molecule has 0 radical (unpaired) electrons. The van der Waals surface area contributed by atoms with Crippen LogP contribution in [0.3, 0.4) is 0 Å². The van der Waals surface area contributed by atoms with Gasteiger partial charge in [0.1, 0.15) is 0 Å². The van der Waals surface area contributed by atoms with Crippen LogP contribution in [0.15, 0.2) is 28.8 Å². The number of aryl methyl sites for hydroxylation is 1. The molecule has 3 heterocycles. The van der Waals surface area contributed by atoms with E-state index in [4.69, 9.17) is 9.26 Å². The summed E-state index contributed by atoms with van der Waals surface area (Å²) in [5.74, 6) is 2.49. The van der Waals surface area contributed by atoms with Gasteiger partial charge in [-0.2, -0.15) is 4.98 Å². The number of aromatic nitrogens is 2. The van der Waals surface area contributed by atoms with Gasteiger partial charge >= 0.3 is 6.03 Å². The smallest absolute Gasteiger partial charge is 0.320 e. The average molecular weight is 461 g/mol. The number of carbonyl (C=O) groups excluding carboxylic acids is 1. The van der Waals surface area contributed by atoms with E-state index in [-0.39, 0.29) is 17.9 Å². The second kappa shape index (κ2) is 10.6. The molecule has 0 N–H and O–H groups in total. The van der Waals surface area contributed by atoms with Crippen LogP contribution in [0.25, 0.3) is 0 Å². The molecule has 0 aliphatic carbocycles. The highest BCUT2D eigenvalue weighted by molar-refractivity contribution is 7.85. The minimum atomic E-state index is -0.815. The van der Waals surface area contributed by atoms with Crippen molar-refractivity contribution in [3.8, 4) is 0 Å². The van der Waals surface area contributed by atoms with Crippen molar-refractivity contribution in [2.75, 3.05) is 51.4 Å². The number of rotatable bonds is 6. The van der Waals surface area contributed by atoms with E-state index in [1.807, 2.05) is 9.80 Å². The number of piperidine rings is 1. The fourth-order valence-corrected chi connectivity index (χ4v) is 5.51. The Kier molecular flexibility index (Phi) is 7.57. The molecule has 8 nitrogen and oxygen atoms in total. The summed E-state index contributed by atoms with van der Waals surface area (Å²) in [6.07, 6.45) is 2.45. The van der Waals surface area contributed by atoms with Gasteiger partial charge in [-0.15, -0.1) is 0 Å². The number of methoxy groups -OCH3 is 1. The summed E-state index contributed by atoms with van der Waals surface area (Å²) in [6.45, 7) is 4.98. The SMILES string of the molecule is CCc1ccc(C2CC(c3nc(CCOC)no3)CN(C(=O)N3CCS(=O)CC3)C2)cc1. The molecule has 2 fully saturated rings. The Labute approximate surface area is 191 Å². The first-order chi connectivity index (χ1) is 15.6. The van der Waals surface area contributed by atoms with Gasteiger partial charge in [0.25, 0.3) is 0 Å². The monoisotopic (exact) mass is 460 g/mol. The minimum absolute atomic E-state index is 0.0145. The first-order valence-corrected chi connectivity index (χ1v) is 12.8. The summed E-state index contributed by atoms with van der Waals surface area (Å²) < 4.78 is 22.5. The second-order valence-electron chi connectivity index (χ2n) is 8.54. The number of urea groups is 1. The number of hydrogen-bond acceptors (Lipinski definition) is 6. The molecule has 2 aliphatic heterocycles. The van der Waals surface area contributed by atoms with Crippen molar-refractivity contribution in [1.82, 2.24) is 19.9 Å². The van der Waals surface area contributed by atoms with Crippen LogP contribution in [-0.4, -0.2) is 81.6 Å². The maximum absolute atomic E-state index is 13.3. The van der Waals surface area contributed by atoms with Gasteiger partial charge < -0.3 is 19.1 Å². The Balaban J connectivity index is 1.54. The van der Waals surface area contributed by atoms with Crippen LogP contribution in [0.1, 0.15) is 48.0 Å². The van der Waals surface area contributed by atoms with E-state index in [0.29, 0.717) is 62.4 Å². The molecule has 4 rings (SSSR count). The lowest BCUT2D eigenvalue weighted by Crippen LogP contribution is -2.52. The zero-order chi connectivity index (χ0) is 22.5. The van der Waals surface area contributed by atoms with Gasteiger partial charge in [-0.3, -0.25) is 4.21 Å². The molecule has 2 atom stereocenters. The van der Waals surface area contributed by atoms with E-state index in [2.05, 4.69) is 41.3 Å². The van der Waals surface area contributed by atoms with Crippen LogP contribution in [-0.2, 0) is 28.4 Å². The molecule has 1 aromatic heterocycles. The summed E-state index contributed by atoms with van der Waals surface area (Å²) in [6, 6.07) is 8.70. The van der Waals surface area contributed by atoms with Crippen molar-refractivity contribution in [3.05, 3.63) is 47.1 Å². The number of carbonyl (C=O) groups is 1. The molecule has 2 amide bonds. The highest BCUT2D eigenvalue weighted by Gasteiger charge is 2.36. The first kappa shape index (κ1) is 22.9. The first-order valence-electron chi connectivity index (χ1n) is 11.4. The Morgan fingerprint density at radius 1 is 1.16 bits per heavy atom. The van der Waals surface area contributed by atoms with Crippen LogP contribution >= 0.6 is 0 Å². The Hall–Kier alpha value is -2.26. The highest BCUT2D eigenvalue weighted by Crippen LogP contribution is 2.36. The lowest BCUT2D eigenvalue weighted by molar-refractivity contribution is 0.130. The molecule has 1 aromatic carbocycles. The fourth-order valence-electron chi connectivity index (χ4n) is 4.46. The van der Waals surface area contributed by atoms with Gasteiger partial charge in [-0.1, -0.05) is 36.3 Å². The van der Waals surface area contributed by atoms with Gasteiger partial charge in [-0.25, -0.2) is 4.79 Å². The molecule has 174 valence electrons. The van der Waals surface area contributed by atoms with Gasteiger partial charge in [-0.05, 0) is 24.0 Å². The van der Waals surface area contributed by atoms with Crippen molar-refractivity contribution < 1.29 is 18.3 Å². The standard InChI is InChI=1S/C23H32N4O4S/c1-3-17-4-6-18(7-5-17)19-14-20(22-24-21(25-31-22)8-11-30-2)16-27(15-19)23(28)26-9-12-32(29)13-10-26/h4-7,19-20H,3,8-16H2,1-2H3. The van der Waals surface area contributed by atoms with Crippen LogP contribution in [0.4, 0.5) is 4.79 Å². The maximum Gasteiger partial charge on any atom is 0.320 e. The Morgan fingerprint density at radius 2 is 1.88 bits per heavy atom. The second-order valence-corrected chi connectivity index (χ2v) is 10.2. The summed E-state index contributed by atoms with van der Waals surface area (Å²) >= 11 is 0. The summed E-state index contributed by atoms with van der Waals surface area (Å²) in [7, 11) is 0.834. The van der Waals surface area contributed by atoms with Gasteiger partial charge in [0, 0.05) is 67.9 Å². The van der Waals surface area contributed by atoms with Crippen molar-refractivity contribution in [2.45, 2.75) is 38.0 Å². The van der Waals surface area contributed by atoms with E-state index in [1.165, 1.54) is 11.1 Å². The zero-order valence-electron chi connectivity index (χ0n) is 18.9. The Bertz CT molecular complexity index is 922. The number of hydrogen-bond donors (Lipinski definition) is 0. The normalized spacial score (nSPS) is 22.3. The van der Waals surface area contributed by atoms with Gasteiger partial charge in [0.2, 0.25) is 5.89 Å². The maximum atomic E-state index is 13.3. The van der Waals surface area contributed by atoms with E-state index in [1.54, 1.807) is 7.11 Å². The number of ether oxygens (including phenoxy) is 1. The molecular formula is C23H32N4O4S. The molecular weight excluding hydrogens is 428 g/mol. The van der Waals surface area contributed by atoms with Gasteiger partial charge in [0.15, 0.2) is 5.82 Å². The molecule has 2 aliphatic rings. The van der Waals surface area contributed by atoms with Crippen LogP contribution in [0, 0.1) is 0 Å². The van der Waals surface area contributed by atoms with Crippen molar-refractivity contribution in [3.63, 3.8) is 0 Å². The molecule has 9 heteroatoms. The lowest BCUT2D eigenvalue weighted by Gasteiger charge is -2.40. The quantitative estimate of drug-likeness (QED) is 0.658. The molecule has 0 saturated carbocycles. The summed E-state index contributed by atoms with van der Waals surface area (Å²) in [4.78, 5) is 21.7. The molecule has 0 spiro atoms. The topological polar surface area (TPSA) is 88.8 Å². The van der Waals surface area contributed by atoms with E-state index in [0.717, 1.165) is 12.8 Å². The summed E-state index contributed by atoms with van der Waals surface area (Å²) in [5.41, 5.74) is 2.53. The molecule has 0 bridgehead atoms. The number of benzene rings is 1. The molecule has 2 aromatic rings. The predicted octanol–water partition coefficient (Wildman–Crippen LogP) is 2.58. The molecule has 32 heavy (non-hydrogen) atoms. The predicted molar refractivity (Wildman–Crippen MR) is 122 cm³/mol. The third-order valence-corrected chi connectivity index (χ3v) is 7.67. The van der Waals surface area contributed by atoms with Crippen molar-refractivity contribution in [2.24, 2.45) is 0 Å². The zero-order valence-corrected chi connectivity index (χ0v) is 19.7. The number of nitrogens with zero attached hydrogens (tertiary/aromatic N) is 4. The van der Waals surface area contributed by atoms with E-state index < -0.39 is 10.8 Å². The molecule has 2 saturated heterocycles. The highest BCUT2D eigenvalue weighted by atomic mass is 32.2.